The Morgan fingerprint density at radius 2 is 1.95 bits per heavy atom. The van der Waals surface area contributed by atoms with Crippen LogP contribution in [0.25, 0.3) is 0 Å². The number of benzene rings is 1. The van der Waals surface area contributed by atoms with Crippen molar-refractivity contribution in [1.29, 1.82) is 0 Å². The molecule has 2 unspecified atom stereocenters. The van der Waals surface area contributed by atoms with E-state index in [1.807, 2.05) is 24.3 Å². The van der Waals surface area contributed by atoms with E-state index in [2.05, 4.69) is 19.2 Å². The Labute approximate surface area is 127 Å². The van der Waals surface area contributed by atoms with Crippen molar-refractivity contribution < 1.29 is 14.6 Å². The van der Waals surface area contributed by atoms with Crippen molar-refractivity contribution in [3.8, 4) is 11.5 Å². The summed E-state index contributed by atoms with van der Waals surface area (Å²) in [6.07, 6.45) is 4.09. The average molecular weight is 293 g/mol. The third-order valence-electron chi connectivity index (χ3n) is 4.06. The fraction of sp³-hybridized carbons (Fsp3) is 0.647. The molecule has 2 rings (SSSR count). The van der Waals surface area contributed by atoms with Gasteiger partial charge in [0.1, 0.15) is 17.6 Å². The van der Waals surface area contributed by atoms with Crippen LogP contribution in [-0.2, 0) is 0 Å². The van der Waals surface area contributed by atoms with Crippen LogP contribution in [0, 0.1) is 0 Å². The number of nitrogens with one attached hydrogen (secondary N) is 1. The van der Waals surface area contributed by atoms with E-state index >= 15 is 0 Å². The van der Waals surface area contributed by atoms with Crippen LogP contribution in [0.2, 0.25) is 0 Å². The third kappa shape index (κ3) is 4.35. The van der Waals surface area contributed by atoms with E-state index in [1.54, 1.807) is 7.11 Å². The molecule has 0 radical (unpaired) electrons. The average Bonchev–Trinajstić information content (AvgIpc) is 2.47. The van der Waals surface area contributed by atoms with Crippen molar-refractivity contribution in [1.82, 2.24) is 5.32 Å². The molecule has 0 saturated heterocycles. The lowest BCUT2D eigenvalue weighted by Crippen LogP contribution is -2.55. The van der Waals surface area contributed by atoms with Crippen molar-refractivity contribution in [3.63, 3.8) is 0 Å². The minimum absolute atomic E-state index is 0.144. The fourth-order valence-corrected chi connectivity index (χ4v) is 3.19. The standard InChI is InChI=1S/C17H27NO3/c1-13(2)18-17(12-19)10-4-5-16(11-17)21-15-8-6-14(20-3)7-9-15/h6-9,13,16,18-19H,4-5,10-12H2,1-3H3. The number of aliphatic hydroxyl groups is 1. The molecule has 0 heterocycles. The summed E-state index contributed by atoms with van der Waals surface area (Å²) in [5.74, 6) is 1.69. The molecule has 1 fully saturated rings. The number of rotatable bonds is 6. The first-order valence-corrected chi connectivity index (χ1v) is 7.76. The molecule has 0 aliphatic heterocycles. The van der Waals surface area contributed by atoms with Crippen molar-refractivity contribution in [2.45, 2.75) is 57.2 Å². The Morgan fingerprint density at radius 3 is 2.52 bits per heavy atom. The van der Waals surface area contributed by atoms with Gasteiger partial charge in [0.25, 0.3) is 0 Å². The van der Waals surface area contributed by atoms with Gasteiger partial charge in [0.15, 0.2) is 0 Å². The first-order valence-electron chi connectivity index (χ1n) is 7.76. The largest absolute Gasteiger partial charge is 0.497 e. The van der Waals surface area contributed by atoms with Crippen molar-refractivity contribution in [2.24, 2.45) is 0 Å². The summed E-state index contributed by atoms with van der Waals surface area (Å²) >= 11 is 0. The molecular formula is C17H27NO3. The topological polar surface area (TPSA) is 50.7 Å². The fourth-order valence-electron chi connectivity index (χ4n) is 3.19. The summed E-state index contributed by atoms with van der Waals surface area (Å²) in [4.78, 5) is 0. The van der Waals surface area contributed by atoms with Crippen LogP contribution in [0.3, 0.4) is 0 Å². The van der Waals surface area contributed by atoms with E-state index in [4.69, 9.17) is 9.47 Å². The van der Waals surface area contributed by atoms with E-state index in [0.717, 1.165) is 37.2 Å². The van der Waals surface area contributed by atoms with Gasteiger partial charge < -0.3 is 19.9 Å². The van der Waals surface area contributed by atoms with Gasteiger partial charge in [0.05, 0.1) is 13.7 Å². The van der Waals surface area contributed by atoms with Crippen LogP contribution in [0.15, 0.2) is 24.3 Å². The Hall–Kier alpha value is -1.26. The van der Waals surface area contributed by atoms with Crippen LogP contribution in [-0.4, -0.2) is 36.5 Å². The molecule has 1 aromatic carbocycles. The molecule has 4 heteroatoms. The second kappa shape index (κ2) is 7.14. The van der Waals surface area contributed by atoms with Crippen molar-refractivity contribution >= 4 is 0 Å². The number of hydrogen-bond donors (Lipinski definition) is 2. The zero-order valence-corrected chi connectivity index (χ0v) is 13.3. The van der Waals surface area contributed by atoms with E-state index in [-0.39, 0.29) is 18.2 Å². The number of hydrogen-bond acceptors (Lipinski definition) is 4. The van der Waals surface area contributed by atoms with Gasteiger partial charge in [-0.2, -0.15) is 0 Å². The molecule has 0 aromatic heterocycles. The van der Waals surface area contributed by atoms with Gasteiger partial charge in [-0.25, -0.2) is 0 Å². The molecule has 0 spiro atoms. The molecule has 21 heavy (non-hydrogen) atoms. The van der Waals surface area contributed by atoms with E-state index in [1.165, 1.54) is 0 Å². The minimum atomic E-state index is -0.205. The van der Waals surface area contributed by atoms with E-state index in [9.17, 15) is 5.11 Å². The quantitative estimate of drug-likeness (QED) is 0.847. The van der Waals surface area contributed by atoms with Gasteiger partial charge >= 0.3 is 0 Å². The molecule has 1 aliphatic rings. The molecule has 4 nitrogen and oxygen atoms in total. The van der Waals surface area contributed by atoms with Gasteiger partial charge in [-0.05, 0) is 43.5 Å². The summed E-state index contributed by atoms with van der Waals surface area (Å²) in [7, 11) is 1.66. The summed E-state index contributed by atoms with van der Waals surface area (Å²) in [6, 6.07) is 8.04. The molecule has 118 valence electrons. The van der Waals surface area contributed by atoms with Gasteiger partial charge in [0.2, 0.25) is 0 Å². The second-order valence-corrected chi connectivity index (χ2v) is 6.25. The molecule has 0 amide bonds. The summed E-state index contributed by atoms with van der Waals surface area (Å²) in [5.41, 5.74) is -0.205. The molecule has 1 aromatic rings. The summed E-state index contributed by atoms with van der Waals surface area (Å²) in [5, 5.41) is 13.3. The van der Waals surface area contributed by atoms with Gasteiger partial charge in [0, 0.05) is 18.0 Å². The lowest BCUT2D eigenvalue weighted by Gasteiger charge is -2.41. The Balaban J connectivity index is 1.99. The molecule has 0 bridgehead atoms. The lowest BCUT2D eigenvalue weighted by atomic mass is 9.80. The van der Waals surface area contributed by atoms with E-state index < -0.39 is 0 Å². The third-order valence-corrected chi connectivity index (χ3v) is 4.06. The lowest BCUT2D eigenvalue weighted by molar-refractivity contribution is 0.0461. The minimum Gasteiger partial charge on any atom is -0.497 e. The Morgan fingerprint density at radius 1 is 1.29 bits per heavy atom. The zero-order chi connectivity index (χ0) is 15.3. The highest BCUT2D eigenvalue weighted by Gasteiger charge is 2.37. The number of ether oxygens (including phenoxy) is 2. The monoisotopic (exact) mass is 293 g/mol. The summed E-state index contributed by atoms with van der Waals surface area (Å²) in [6.45, 7) is 4.39. The van der Waals surface area contributed by atoms with Gasteiger partial charge in [-0.15, -0.1) is 0 Å². The maximum Gasteiger partial charge on any atom is 0.119 e. The maximum atomic E-state index is 9.81. The molecule has 1 saturated carbocycles. The van der Waals surface area contributed by atoms with Crippen molar-refractivity contribution in [3.05, 3.63) is 24.3 Å². The number of aliphatic hydroxyl groups excluding tert-OH is 1. The van der Waals surface area contributed by atoms with Crippen LogP contribution >= 0.6 is 0 Å². The first kappa shape index (κ1) is 16.1. The summed E-state index contributed by atoms with van der Waals surface area (Å²) < 4.78 is 11.2. The molecular weight excluding hydrogens is 266 g/mol. The highest BCUT2D eigenvalue weighted by molar-refractivity contribution is 5.31. The highest BCUT2D eigenvalue weighted by Crippen LogP contribution is 2.31. The normalized spacial score (nSPS) is 25.9. The van der Waals surface area contributed by atoms with E-state index in [0.29, 0.717) is 6.04 Å². The van der Waals surface area contributed by atoms with Crippen LogP contribution < -0.4 is 14.8 Å². The van der Waals surface area contributed by atoms with Gasteiger partial charge in [-0.3, -0.25) is 0 Å². The Bertz CT molecular complexity index is 432. The molecule has 1 aliphatic carbocycles. The first-order chi connectivity index (χ1) is 10.1. The predicted molar refractivity (Wildman–Crippen MR) is 84.0 cm³/mol. The Kier molecular flexibility index (Phi) is 5.48. The zero-order valence-electron chi connectivity index (χ0n) is 13.3. The van der Waals surface area contributed by atoms with Crippen LogP contribution in [0.4, 0.5) is 0 Å². The molecule has 2 N–H and O–H groups in total. The second-order valence-electron chi connectivity index (χ2n) is 6.25. The van der Waals surface area contributed by atoms with Crippen molar-refractivity contribution in [2.75, 3.05) is 13.7 Å². The van der Waals surface area contributed by atoms with Crippen LogP contribution in [0.5, 0.6) is 11.5 Å². The van der Waals surface area contributed by atoms with Gasteiger partial charge in [-0.1, -0.05) is 13.8 Å². The SMILES string of the molecule is COc1ccc(OC2CCCC(CO)(NC(C)C)C2)cc1. The predicted octanol–water partition coefficient (Wildman–Crippen LogP) is 2.75. The van der Waals surface area contributed by atoms with Crippen LogP contribution in [0.1, 0.15) is 39.5 Å². The maximum absolute atomic E-state index is 9.81. The smallest absolute Gasteiger partial charge is 0.119 e. The highest BCUT2D eigenvalue weighted by atomic mass is 16.5. The number of methoxy groups -OCH3 is 1. The molecule has 2 atom stereocenters.